The van der Waals surface area contributed by atoms with Crippen molar-refractivity contribution in [2.45, 2.75) is 12.1 Å². The lowest BCUT2D eigenvalue weighted by Gasteiger charge is -2.29. The van der Waals surface area contributed by atoms with Crippen LogP contribution < -0.4 is 15.0 Å². The molecule has 1 saturated heterocycles. The number of rotatable bonds is 6. The number of aromatic nitrogens is 2. The maximum atomic E-state index is 13.9. The summed E-state index contributed by atoms with van der Waals surface area (Å²) in [6, 6.07) is 31.5. The van der Waals surface area contributed by atoms with E-state index in [0.717, 1.165) is 34.3 Å². The molecule has 0 aliphatic carbocycles. The number of nitrogens with one attached hydrogen (secondary N) is 1. The molecule has 0 bridgehead atoms. The van der Waals surface area contributed by atoms with Crippen molar-refractivity contribution >= 4 is 34.6 Å². The van der Waals surface area contributed by atoms with Gasteiger partial charge in [0, 0.05) is 29.5 Å². The van der Waals surface area contributed by atoms with E-state index in [1.807, 2.05) is 95.7 Å². The minimum atomic E-state index is -0.460. The Kier molecular flexibility index (Phi) is 6.54. The van der Waals surface area contributed by atoms with Gasteiger partial charge in [0.15, 0.2) is 5.11 Å². The summed E-state index contributed by atoms with van der Waals surface area (Å²) < 4.78 is 21.9. The lowest BCUT2D eigenvalue weighted by atomic mass is 10.0. The Bertz CT molecular complexity index is 1580. The van der Waals surface area contributed by atoms with Gasteiger partial charge in [-0.25, -0.2) is 4.39 Å². The largest absolute Gasteiger partial charge is 0.457 e. The van der Waals surface area contributed by atoms with Crippen molar-refractivity contribution in [1.29, 1.82) is 0 Å². The number of halogens is 2. The van der Waals surface area contributed by atoms with Gasteiger partial charge >= 0.3 is 0 Å². The van der Waals surface area contributed by atoms with Crippen LogP contribution in [0.15, 0.2) is 116 Å². The SMILES string of the molecule is Fc1ccc(-n2cccc2[C@@H]2[C@@H](c3ccccn3)NC(=S)N2c2ccc(Oc3ccccc3)cc2)cc1Cl. The first-order valence-corrected chi connectivity index (χ1v) is 12.8. The second kappa shape index (κ2) is 10.3. The standard InChI is InChI=1S/C30H22ClFN4OS/c31-24-19-21(13-16-25(24)32)35-18-6-10-27(35)29-28(26-9-4-5-17-33-26)34-30(38)36(29)20-11-14-23(15-12-20)37-22-7-2-1-3-8-22/h1-19,28-29H,(H,34,38)/t28-,29-/m1/s1. The van der Waals surface area contributed by atoms with Gasteiger partial charge in [-0.15, -0.1) is 0 Å². The first kappa shape index (κ1) is 24.2. The molecule has 3 heterocycles. The number of pyridine rings is 1. The van der Waals surface area contributed by atoms with E-state index >= 15 is 0 Å². The average molecular weight is 541 g/mol. The predicted molar refractivity (Wildman–Crippen MR) is 152 cm³/mol. The summed E-state index contributed by atoms with van der Waals surface area (Å²) in [5.74, 6) is 1.03. The molecular weight excluding hydrogens is 519 g/mol. The van der Waals surface area contributed by atoms with E-state index in [9.17, 15) is 4.39 Å². The second-order valence-corrected chi connectivity index (χ2v) is 9.60. The van der Waals surface area contributed by atoms with Crippen molar-refractivity contribution in [3.05, 3.63) is 138 Å². The minimum Gasteiger partial charge on any atom is -0.457 e. The van der Waals surface area contributed by atoms with Crippen molar-refractivity contribution < 1.29 is 9.13 Å². The van der Waals surface area contributed by atoms with Crippen LogP contribution in [0.4, 0.5) is 10.1 Å². The Balaban J connectivity index is 1.41. The Labute approximate surface area is 230 Å². The maximum absolute atomic E-state index is 13.9. The third-order valence-electron chi connectivity index (χ3n) is 6.46. The molecule has 1 fully saturated rings. The number of ether oxygens (including phenoxy) is 1. The molecule has 2 aromatic heterocycles. The predicted octanol–water partition coefficient (Wildman–Crippen LogP) is 7.63. The van der Waals surface area contributed by atoms with Crippen LogP contribution in [0.1, 0.15) is 23.5 Å². The van der Waals surface area contributed by atoms with E-state index in [1.54, 1.807) is 18.3 Å². The molecule has 38 heavy (non-hydrogen) atoms. The highest BCUT2D eigenvalue weighted by Crippen LogP contribution is 2.42. The van der Waals surface area contributed by atoms with Crippen LogP contribution in [0.5, 0.6) is 11.5 Å². The summed E-state index contributed by atoms with van der Waals surface area (Å²) in [4.78, 5) is 6.71. The molecule has 1 N–H and O–H groups in total. The molecule has 2 atom stereocenters. The molecule has 188 valence electrons. The van der Waals surface area contributed by atoms with Crippen molar-refractivity contribution in [2.75, 3.05) is 4.90 Å². The normalized spacial score (nSPS) is 16.9. The number of para-hydroxylation sites is 1. The summed E-state index contributed by atoms with van der Waals surface area (Å²) in [5.41, 5.74) is 3.45. The zero-order valence-electron chi connectivity index (χ0n) is 20.0. The monoisotopic (exact) mass is 540 g/mol. The Morgan fingerprint density at radius 2 is 1.58 bits per heavy atom. The van der Waals surface area contributed by atoms with Crippen LogP contribution in [0.2, 0.25) is 5.02 Å². The first-order valence-electron chi connectivity index (χ1n) is 12.0. The maximum Gasteiger partial charge on any atom is 0.174 e. The van der Waals surface area contributed by atoms with Gasteiger partial charge < -0.3 is 19.5 Å². The fraction of sp³-hybridized carbons (Fsp3) is 0.0667. The van der Waals surface area contributed by atoms with Crippen molar-refractivity contribution in [3.8, 4) is 17.2 Å². The fourth-order valence-corrected chi connectivity index (χ4v) is 5.26. The topological polar surface area (TPSA) is 42.3 Å². The number of thiocarbonyl (C=S) groups is 1. The summed E-state index contributed by atoms with van der Waals surface area (Å²) in [5, 5.41) is 4.12. The highest BCUT2D eigenvalue weighted by atomic mass is 35.5. The fourth-order valence-electron chi connectivity index (χ4n) is 4.74. The molecule has 0 amide bonds. The average Bonchev–Trinajstić information content (AvgIpc) is 3.56. The van der Waals surface area contributed by atoms with Crippen LogP contribution in [0, 0.1) is 5.82 Å². The van der Waals surface area contributed by atoms with Gasteiger partial charge in [-0.3, -0.25) is 4.98 Å². The molecule has 6 rings (SSSR count). The molecule has 0 spiro atoms. The van der Waals surface area contributed by atoms with Crippen LogP contribution in [-0.2, 0) is 0 Å². The first-order chi connectivity index (χ1) is 18.6. The van der Waals surface area contributed by atoms with Gasteiger partial charge in [0.05, 0.1) is 16.8 Å². The highest BCUT2D eigenvalue weighted by Gasteiger charge is 2.42. The van der Waals surface area contributed by atoms with Crippen LogP contribution in [-0.4, -0.2) is 14.7 Å². The lowest BCUT2D eigenvalue weighted by molar-refractivity contribution is 0.482. The quantitative estimate of drug-likeness (QED) is 0.224. The number of nitrogens with zero attached hydrogens (tertiary/aromatic N) is 3. The molecule has 1 aliphatic rings. The molecule has 0 saturated carbocycles. The minimum absolute atomic E-state index is 0.0642. The van der Waals surface area contributed by atoms with E-state index in [2.05, 4.69) is 15.2 Å². The number of benzene rings is 3. The van der Waals surface area contributed by atoms with Gasteiger partial charge in [-0.05, 0) is 91.1 Å². The number of hydrogen-bond acceptors (Lipinski definition) is 3. The molecule has 5 aromatic rings. The summed E-state index contributed by atoms with van der Waals surface area (Å²) in [6.07, 6.45) is 3.71. The van der Waals surface area contributed by atoms with E-state index in [0.29, 0.717) is 5.11 Å². The van der Waals surface area contributed by atoms with Gasteiger partial charge in [0.25, 0.3) is 0 Å². The van der Waals surface area contributed by atoms with Gasteiger partial charge in [0.1, 0.15) is 23.4 Å². The molecule has 0 unspecified atom stereocenters. The van der Waals surface area contributed by atoms with Crippen molar-refractivity contribution in [1.82, 2.24) is 14.9 Å². The van der Waals surface area contributed by atoms with Crippen molar-refractivity contribution in [2.24, 2.45) is 0 Å². The molecule has 8 heteroatoms. The molecule has 5 nitrogen and oxygen atoms in total. The van der Waals surface area contributed by atoms with Crippen LogP contribution in [0.3, 0.4) is 0 Å². The number of anilines is 1. The Morgan fingerprint density at radius 1 is 0.842 bits per heavy atom. The van der Waals surface area contributed by atoms with Crippen LogP contribution in [0.25, 0.3) is 5.69 Å². The van der Waals surface area contributed by atoms with Crippen molar-refractivity contribution in [3.63, 3.8) is 0 Å². The molecule has 1 aliphatic heterocycles. The summed E-state index contributed by atoms with van der Waals surface area (Å²) in [7, 11) is 0. The van der Waals surface area contributed by atoms with Gasteiger partial charge in [-0.2, -0.15) is 0 Å². The Hall–Kier alpha value is -4.20. The van der Waals surface area contributed by atoms with E-state index in [1.165, 1.54) is 6.07 Å². The van der Waals surface area contributed by atoms with E-state index in [-0.39, 0.29) is 17.1 Å². The zero-order chi connectivity index (χ0) is 26.1. The van der Waals surface area contributed by atoms with Crippen LogP contribution >= 0.6 is 23.8 Å². The van der Waals surface area contributed by atoms with Gasteiger partial charge in [0.2, 0.25) is 0 Å². The van der Waals surface area contributed by atoms with E-state index < -0.39 is 5.82 Å². The zero-order valence-corrected chi connectivity index (χ0v) is 21.6. The molecule has 0 radical (unpaired) electrons. The summed E-state index contributed by atoms with van der Waals surface area (Å²) >= 11 is 12.0. The third-order valence-corrected chi connectivity index (χ3v) is 7.06. The molecular formula is C30H22ClFN4OS. The van der Waals surface area contributed by atoms with E-state index in [4.69, 9.17) is 28.6 Å². The second-order valence-electron chi connectivity index (χ2n) is 8.81. The lowest BCUT2D eigenvalue weighted by Crippen LogP contribution is -2.30. The summed E-state index contributed by atoms with van der Waals surface area (Å²) in [6.45, 7) is 0. The smallest absolute Gasteiger partial charge is 0.174 e. The highest BCUT2D eigenvalue weighted by molar-refractivity contribution is 7.80. The number of hydrogen-bond donors (Lipinski definition) is 1. The van der Waals surface area contributed by atoms with Gasteiger partial charge in [-0.1, -0.05) is 35.9 Å². The Morgan fingerprint density at radius 3 is 2.32 bits per heavy atom. The third kappa shape index (κ3) is 4.62. The molecule has 3 aromatic carbocycles.